The molecule has 1 unspecified atom stereocenters. The molecule has 1 saturated heterocycles. The number of hydrogen-bond acceptors (Lipinski definition) is 3. The van der Waals surface area contributed by atoms with Gasteiger partial charge in [0.15, 0.2) is 0 Å². The molecule has 4 heteroatoms. The van der Waals surface area contributed by atoms with Gasteiger partial charge in [-0.2, -0.15) is 0 Å². The van der Waals surface area contributed by atoms with Crippen LogP contribution >= 0.6 is 0 Å². The molecule has 4 nitrogen and oxygen atoms in total. The Hall–Kier alpha value is -0.610. The zero-order valence-corrected chi connectivity index (χ0v) is 8.90. The highest BCUT2D eigenvalue weighted by atomic mass is 16.5. The molecule has 1 aliphatic heterocycles. The number of hydrogen-bond donors (Lipinski definition) is 1. The van der Waals surface area contributed by atoms with E-state index >= 15 is 0 Å². The van der Waals surface area contributed by atoms with E-state index in [4.69, 9.17) is 9.84 Å². The van der Waals surface area contributed by atoms with Gasteiger partial charge in [-0.25, -0.2) is 0 Å². The maximum Gasteiger partial charge on any atom is 0.248 e. The van der Waals surface area contributed by atoms with E-state index in [2.05, 4.69) is 13.8 Å². The molecule has 1 N–H and O–H groups in total. The molecule has 1 fully saturated rings. The Balaban J connectivity index is 2.56. The zero-order chi connectivity index (χ0) is 10.6. The maximum absolute atomic E-state index is 11.5. The first-order valence-electron chi connectivity index (χ1n) is 5.13. The molecular formula is C10H19NO3. The third-order valence-electron chi connectivity index (χ3n) is 2.32. The van der Waals surface area contributed by atoms with Crippen LogP contribution in [-0.2, 0) is 9.53 Å². The van der Waals surface area contributed by atoms with Gasteiger partial charge in [0.1, 0.15) is 6.61 Å². The van der Waals surface area contributed by atoms with Crippen molar-refractivity contribution in [1.29, 1.82) is 0 Å². The van der Waals surface area contributed by atoms with Crippen LogP contribution in [0.4, 0.5) is 0 Å². The summed E-state index contributed by atoms with van der Waals surface area (Å²) in [6.07, 6.45) is 0.610. The summed E-state index contributed by atoms with van der Waals surface area (Å²) in [7, 11) is 0. The largest absolute Gasteiger partial charge is 0.396 e. The van der Waals surface area contributed by atoms with Crippen LogP contribution < -0.4 is 0 Å². The van der Waals surface area contributed by atoms with Crippen LogP contribution in [0, 0.1) is 5.92 Å². The molecule has 14 heavy (non-hydrogen) atoms. The van der Waals surface area contributed by atoms with Gasteiger partial charge in [0, 0.05) is 13.2 Å². The molecule has 0 bridgehead atoms. The number of nitrogens with zero attached hydrogens (tertiary/aromatic N) is 1. The Morgan fingerprint density at radius 2 is 2.36 bits per heavy atom. The van der Waals surface area contributed by atoms with Crippen molar-refractivity contribution in [3.63, 3.8) is 0 Å². The van der Waals surface area contributed by atoms with Gasteiger partial charge in [-0.1, -0.05) is 13.8 Å². The Labute approximate surface area is 84.8 Å². The fourth-order valence-corrected chi connectivity index (χ4v) is 1.69. The molecule has 0 aromatic rings. The molecule has 0 saturated carbocycles. The first-order valence-corrected chi connectivity index (χ1v) is 5.13. The summed E-state index contributed by atoms with van der Waals surface area (Å²) in [6.45, 7) is 5.77. The Kier molecular flexibility index (Phi) is 4.35. The van der Waals surface area contributed by atoms with Crippen LogP contribution in [0.15, 0.2) is 0 Å². The summed E-state index contributed by atoms with van der Waals surface area (Å²) in [5.41, 5.74) is 0. The number of amides is 1. The van der Waals surface area contributed by atoms with Gasteiger partial charge in [-0.15, -0.1) is 0 Å². The zero-order valence-electron chi connectivity index (χ0n) is 8.90. The fraction of sp³-hybridized carbons (Fsp3) is 0.900. The normalized spacial score (nSPS) is 23.3. The summed E-state index contributed by atoms with van der Waals surface area (Å²) in [4.78, 5) is 13.4. The number of aliphatic hydroxyl groups excluding tert-OH is 1. The average molecular weight is 201 g/mol. The standard InChI is InChI=1S/C10H19NO3/c1-8(2)5-11-9(3-4-12)6-14-7-10(11)13/h8-9,12H,3-7H2,1-2H3. The quantitative estimate of drug-likeness (QED) is 0.709. The summed E-state index contributed by atoms with van der Waals surface area (Å²) < 4.78 is 5.16. The highest BCUT2D eigenvalue weighted by Crippen LogP contribution is 2.13. The van der Waals surface area contributed by atoms with Crippen molar-refractivity contribution in [2.75, 3.05) is 26.4 Å². The van der Waals surface area contributed by atoms with Crippen LogP contribution in [0.3, 0.4) is 0 Å². The fourth-order valence-electron chi connectivity index (χ4n) is 1.69. The van der Waals surface area contributed by atoms with Gasteiger partial charge >= 0.3 is 0 Å². The lowest BCUT2D eigenvalue weighted by Gasteiger charge is -2.36. The van der Waals surface area contributed by atoms with Crippen LogP contribution in [-0.4, -0.2) is 48.3 Å². The molecule has 0 aromatic carbocycles. The summed E-state index contributed by atoms with van der Waals surface area (Å²) in [5, 5.41) is 8.86. The van der Waals surface area contributed by atoms with Crippen molar-refractivity contribution < 1.29 is 14.6 Å². The van der Waals surface area contributed by atoms with Crippen LogP contribution in [0.5, 0.6) is 0 Å². The Bertz CT molecular complexity index is 192. The molecule has 0 aliphatic carbocycles. The molecule has 82 valence electrons. The Morgan fingerprint density at radius 3 is 2.93 bits per heavy atom. The minimum atomic E-state index is 0.0448. The van der Waals surface area contributed by atoms with E-state index in [0.717, 1.165) is 6.54 Å². The molecular weight excluding hydrogens is 182 g/mol. The highest BCUT2D eigenvalue weighted by Gasteiger charge is 2.28. The number of carbonyl (C=O) groups is 1. The minimum Gasteiger partial charge on any atom is -0.396 e. The predicted octanol–water partition coefficient (Wildman–Crippen LogP) is 0.252. The second-order valence-corrected chi connectivity index (χ2v) is 4.12. The van der Waals surface area contributed by atoms with E-state index in [0.29, 0.717) is 18.9 Å². The second kappa shape index (κ2) is 5.32. The number of rotatable bonds is 4. The van der Waals surface area contributed by atoms with E-state index < -0.39 is 0 Å². The van der Waals surface area contributed by atoms with Gasteiger partial charge in [0.25, 0.3) is 0 Å². The van der Waals surface area contributed by atoms with Crippen molar-refractivity contribution in [1.82, 2.24) is 4.90 Å². The molecule has 0 aromatic heterocycles. The monoisotopic (exact) mass is 201 g/mol. The van der Waals surface area contributed by atoms with E-state index in [1.807, 2.05) is 4.90 Å². The van der Waals surface area contributed by atoms with E-state index in [-0.39, 0.29) is 25.2 Å². The number of ether oxygens (including phenoxy) is 1. The Morgan fingerprint density at radius 1 is 1.64 bits per heavy atom. The molecule has 1 amide bonds. The third-order valence-corrected chi connectivity index (χ3v) is 2.32. The first-order chi connectivity index (χ1) is 6.65. The van der Waals surface area contributed by atoms with Crippen molar-refractivity contribution in [2.45, 2.75) is 26.3 Å². The lowest BCUT2D eigenvalue weighted by molar-refractivity contribution is -0.149. The van der Waals surface area contributed by atoms with Crippen LogP contribution in [0.1, 0.15) is 20.3 Å². The average Bonchev–Trinajstić information content (AvgIpc) is 2.11. The lowest BCUT2D eigenvalue weighted by Crippen LogP contribution is -2.51. The molecule has 1 aliphatic rings. The molecule has 1 rings (SSSR count). The van der Waals surface area contributed by atoms with E-state index in [1.165, 1.54) is 0 Å². The third kappa shape index (κ3) is 2.96. The first kappa shape index (κ1) is 11.5. The number of morpholine rings is 1. The maximum atomic E-state index is 11.5. The van der Waals surface area contributed by atoms with Gasteiger partial charge < -0.3 is 14.7 Å². The van der Waals surface area contributed by atoms with Gasteiger partial charge in [0.2, 0.25) is 5.91 Å². The number of carbonyl (C=O) groups excluding carboxylic acids is 1. The van der Waals surface area contributed by atoms with Crippen molar-refractivity contribution >= 4 is 5.91 Å². The summed E-state index contributed by atoms with van der Waals surface area (Å²) in [5.74, 6) is 0.502. The summed E-state index contributed by atoms with van der Waals surface area (Å²) >= 11 is 0. The van der Waals surface area contributed by atoms with Crippen molar-refractivity contribution in [3.05, 3.63) is 0 Å². The topological polar surface area (TPSA) is 49.8 Å². The SMILES string of the molecule is CC(C)CN1C(=O)COCC1CCO. The molecule has 1 atom stereocenters. The van der Waals surface area contributed by atoms with Gasteiger partial charge in [0.05, 0.1) is 12.6 Å². The van der Waals surface area contributed by atoms with E-state index in [1.54, 1.807) is 0 Å². The van der Waals surface area contributed by atoms with Crippen molar-refractivity contribution in [2.24, 2.45) is 5.92 Å². The molecule has 0 spiro atoms. The van der Waals surface area contributed by atoms with E-state index in [9.17, 15) is 4.79 Å². The summed E-state index contributed by atoms with van der Waals surface area (Å²) in [6, 6.07) is 0.0589. The van der Waals surface area contributed by atoms with Crippen molar-refractivity contribution in [3.8, 4) is 0 Å². The van der Waals surface area contributed by atoms with Crippen LogP contribution in [0.25, 0.3) is 0 Å². The predicted molar refractivity (Wildman–Crippen MR) is 52.9 cm³/mol. The van der Waals surface area contributed by atoms with Gasteiger partial charge in [-0.05, 0) is 12.3 Å². The molecule has 0 radical (unpaired) electrons. The smallest absolute Gasteiger partial charge is 0.248 e. The highest BCUT2D eigenvalue weighted by molar-refractivity contribution is 5.78. The minimum absolute atomic E-state index is 0.0448. The van der Waals surface area contributed by atoms with Gasteiger partial charge in [-0.3, -0.25) is 4.79 Å². The molecule has 1 heterocycles. The lowest BCUT2D eigenvalue weighted by atomic mass is 10.1. The second-order valence-electron chi connectivity index (χ2n) is 4.12. The van der Waals surface area contributed by atoms with Crippen LogP contribution in [0.2, 0.25) is 0 Å². The number of aliphatic hydroxyl groups is 1.